The summed E-state index contributed by atoms with van der Waals surface area (Å²) in [6.45, 7) is 2.92. The average Bonchev–Trinajstić information content (AvgIpc) is 2.41. The number of carbonyl (C=O) groups is 1. The minimum Gasteiger partial charge on any atom is -0.491 e. The molecule has 1 aromatic rings. The number of carbonyl (C=O) groups excluding carboxylic acids is 1. The van der Waals surface area contributed by atoms with Crippen molar-refractivity contribution in [3.63, 3.8) is 0 Å². The minimum atomic E-state index is -0.0324. The maximum absolute atomic E-state index is 11.8. The molecule has 0 aromatic heterocycles. The second-order valence-corrected chi connectivity index (χ2v) is 4.64. The van der Waals surface area contributed by atoms with Crippen LogP contribution in [0, 0.1) is 0 Å². The number of methoxy groups -OCH3 is 1. The van der Waals surface area contributed by atoms with Gasteiger partial charge in [0.2, 0.25) is 5.91 Å². The van der Waals surface area contributed by atoms with Crippen LogP contribution in [0.25, 0.3) is 0 Å². The summed E-state index contributed by atoms with van der Waals surface area (Å²) in [5, 5.41) is 2.94. The summed E-state index contributed by atoms with van der Waals surface area (Å²) in [6.07, 6.45) is 2.22. The number of nitrogens with two attached hydrogens (primary N) is 1. The van der Waals surface area contributed by atoms with Crippen molar-refractivity contribution in [1.29, 1.82) is 0 Å². The van der Waals surface area contributed by atoms with E-state index < -0.39 is 0 Å². The zero-order chi connectivity index (χ0) is 14.8. The third kappa shape index (κ3) is 5.93. The van der Waals surface area contributed by atoms with Crippen LogP contribution in [0.15, 0.2) is 24.3 Å². The minimum absolute atomic E-state index is 0.0324. The lowest BCUT2D eigenvalue weighted by atomic mass is 10.2. The number of nitrogens with one attached hydrogen (secondary N) is 1. The molecule has 1 aromatic carbocycles. The number of rotatable bonds is 9. The van der Waals surface area contributed by atoms with Gasteiger partial charge < -0.3 is 20.5 Å². The molecule has 20 heavy (non-hydrogen) atoms. The van der Waals surface area contributed by atoms with Gasteiger partial charge >= 0.3 is 0 Å². The second-order valence-electron chi connectivity index (χ2n) is 4.64. The number of ether oxygens (including phenoxy) is 2. The quantitative estimate of drug-likeness (QED) is 0.678. The van der Waals surface area contributed by atoms with Crippen LogP contribution in [0.1, 0.15) is 26.2 Å². The molecular weight excluding hydrogens is 256 g/mol. The van der Waals surface area contributed by atoms with Gasteiger partial charge in [-0.05, 0) is 18.6 Å². The van der Waals surface area contributed by atoms with Crippen molar-refractivity contribution in [2.45, 2.75) is 32.2 Å². The van der Waals surface area contributed by atoms with Gasteiger partial charge in [0.15, 0.2) is 0 Å². The third-order valence-corrected chi connectivity index (χ3v) is 2.88. The van der Waals surface area contributed by atoms with Crippen LogP contribution in [0.4, 0.5) is 5.69 Å². The third-order valence-electron chi connectivity index (χ3n) is 2.88. The van der Waals surface area contributed by atoms with Gasteiger partial charge in [0, 0.05) is 7.11 Å². The van der Waals surface area contributed by atoms with Gasteiger partial charge in [0.1, 0.15) is 5.75 Å². The molecule has 112 valence electrons. The van der Waals surface area contributed by atoms with Crippen LogP contribution < -0.4 is 15.8 Å². The van der Waals surface area contributed by atoms with Crippen molar-refractivity contribution in [3.8, 4) is 5.75 Å². The molecule has 0 saturated carbocycles. The lowest BCUT2D eigenvalue weighted by Gasteiger charge is -2.17. The molecular formula is C15H24N2O3. The monoisotopic (exact) mass is 280 g/mol. The lowest BCUT2D eigenvalue weighted by molar-refractivity contribution is -0.122. The SMILES string of the molecule is CCCC(COC)NC(=O)CCOc1ccccc1N. The molecule has 0 spiro atoms. The molecule has 0 heterocycles. The van der Waals surface area contributed by atoms with Gasteiger partial charge in [0.25, 0.3) is 0 Å². The first-order valence-electron chi connectivity index (χ1n) is 6.93. The number of para-hydroxylation sites is 2. The summed E-state index contributed by atoms with van der Waals surface area (Å²) < 4.78 is 10.6. The summed E-state index contributed by atoms with van der Waals surface area (Å²) in [6, 6.07) is 7.32. The number of benzene rings is 1. The largest absolute Gasteiger partial charge is 0.491 e. The molecule has 0 saturated heterocycles. The van der Waals surface area contributed by atoms with Crippen molar-refractivity contribution < 1.29 is 14.3 Å². The normalized spacial score (nSPS) is 11.9. The van der Waals surface area contributed by atoms with E-state index in [1.807, 2.05) is 12.1 Å². The topological polar surface area (TPSA) is 73.6 Å². The Labute approximate surface area is 120 Å². The molecule has 0 radical (unpaired) electrons. The van der Waals surface area contributed by atoms with Crippen LogP contribution in [0.3, 0.4) is 0 Å². The highest BCUT2D eigenvalue weighted by Gasteiger charge is 2.11. The summed E-state index contributed by atoms with van der Waals surface area (Å²) in [5.74, 6) is 0.581. The molecule has 3 N–H and O–H groups in total. The number of nitrogen functional groups attached to an aromatic ring is 1. The van der Waals surface area contributed by atoms with E-state index in [9.17, 15) is 4.79 Å². The van der Waals surface area contributed by atoms with E-state index in [-0.39, 0.29) is 11.9 Å². The van der Waals surface area contributed by atoms with Gasteiger partial charge in [-0.1, -0.05) is 25.5 Å². The smallest absolute Gasteiger partial charge is 0.223 e. The Hall–Kier alpha value is -1.75. The number of hydrogen-bond acceptors (Lipinski definition) is 4. The highest BCUT2D eigenvalue weighted by molar-refractivity contribution is 5.76. The number of amides is 1. The Bertz CT molecular complexity index is 404. The fraction of sp³-hybridized carbons (Fsp3) is 0.533. The van der Waals surface area contributed by atoms with E-state index >= 15 is 0 Å². The number of hydrogen-bond donors (Lipinski definition) is 2. The van der Waals surface area contributed by atoms with Crippen molar-refractivity contribution in [3.05, 3.63) is 24.3 Å². The molecule has 0 aliphatic rings. The first kappa shape index (κ1) is 16.3. The summed E-state index contributed by atoms with van der Waals surface area (Å²) in [5.41, 5.74) is 6.33. The zero-order valence-electron chi connectivity index (χ0n) is 12.2. The predicted molar refractivity (Wildman–Crippen MR) is 79.7 cm³/mol. The molecule has 5 nitrogen and oxygen atoms in total. The lowest BCUT2D eigenvalue weighted by Crippen LogP contribution is -2.38. The Balaban J connectivity index is 2.30. The van der Waals surface area contributed by atoms with Crippen molar-refractivity contribution >= 4 is 11.6 Å². The van der Waals surface area contributed by atoms with Crippen LogP contribution in [0.5, 0.6) is 5.75 Å². The summed E-state index contributed by atoms with van der Waals surface area (Å²) in [7, 11) is 1.64. The maximum Gasteiger partial charge on any atom is 0.223 e. The van der Waals surface area contributed by atoms with E-state index in [1.54, 1.807) is 19.2 Å². The second kappa shape index (κ2) is 9.20. The molecule has 1 amide bonds. The van der Waals surface area contributed by atoms with Gasteiger partial charge in [-0.2, -0.15) is 0 Å². The standard InChI is InChI=1S/C15H24N2O3/c1-3-6-12(11-19-2)17-15(18)9-10-20-14-8-5-4-7-13(14)16/h4-5,7-8,12H,3,6,9-11,16H2,1-2H3,(H,17,18). The molecule has 0 fully saturated rings. The van der Waals surface area contributed by atoms with Gasteiger partial charge in [-0.25, -0.2) is 0 Å². The Morgan fingerprint density at radius 3 is 2.80 bits per heavy atom. The van der Waals surface area contributed by atoms with E-state index in [4.69, 9.17) is 15.2 Å². The van der Waals surface area contributed by atoms with E-state index in [2.05, 4.69) is 12.2 Å². The van der Waals surface area contributed by atoms with Gasteiger partial charge in [-0.3, -0.25) is 4.79 Å². The Kier molecular flexibility index (Phi) is 7.50. The summed E-state index contributed by atoms with van der Waals surface area (Å²) in [4.78, 5) is 11.8. The van der Waals surface area contributed by atoms with Crippen molar-refractivity contribution in [1.82, 2.24) is 5.32 Å². The van der Waals surface area contributed by atoms with Gasteiger partial charge in [0.05, 0.1) is 31.4 Å². The highest BCUT2D eigenvalue weighted by Crippen LogP contribution is 2.19. The molecule has 1 rings (SSSR count). The molecule has 1 unspecified atom stereocenters. The maximum atomic E-state index is 11.8. The molecule has 0 aliphatic carbocycles. The first-order chi connectivity index (χ1) is 9.67. The molecule has 5 heteroatoms. The summed E-state index contributed by atoms with van der Waals surface area (Å²) >= 11 is 0. The molecule has 1 atom stereocenters. The van der Waals surface area contributed by atoms with Gasteiger partial charge in [-0.15, -0.1) is 0 Å². The molecule has 0 bridgehead atoms. The van der Waals surface area contributed by atoms with Crippen LogP contribution in [-0.2, 0) is 9.53 Å². The fourth-order valence-corrected chi connectivity index (χ4v) is 1.91. The average molecular weight is 280 g/mol. The Morgan fingerprint density at radius 2 is 2.15 bits per heavy atom. The molecule has 0 aliphatic heterocycles. The van der Waals surface area contributed by atoms with Crippen molar-refractivity contribution in [2.24, 2.45) is 0 Å². The van der Waals surface area contributed by atoms with E-state index in [0.717, 1.165) is 12.8 Å². The predicted octanol–water partition coefficient (Wildman–Crippen LogP) is 1.97. The van der Waals surface area contributed by atoms with Crippen LogP contribution >= 0.6 is 0 Å². The zero-order valence-corrected chi connectivity index (χ0v) is 12.2. The van der Waals surface area contributed by atoms with E-state index in [1.165, 1.54) is 0 Å². The highest BCUT2D eigenvalue weighted by atomic mass is 16.5. The van der Waals surface area contributed by atoms with Crippen molar-refractivity contribution in [2.75, 3.05) is 26.1 Å². The van der Waals surface area contributed by atoms with Crippen LogP contribution in [-0.4, -0.2) is 32.3 Å². The van der Waals surface area contributed by atoms with E-state index in [0.29, 0.717) is 31.1 Å². The first-order valence-corrected chi connectivity index (χ1v) is 6.93. The Morgan fingerprint density at radius 1 is 1.40 bits per heavy atom. The number of anilines is 1. The van der Waals surface area contributed by atoms with Crippen LogP contribution in [0.2, 0.25) is 0 Å². The fourth-order valence-electron chi connectivity index (χ4n) is 1.91.